The van der Waals surface area contributed by atoms with E-state index in [1.165, 1.54) is 6.39 Å². The van der Waals surface area contributed by atoms with Crippen LogP contribution in [0.15, 0.2) is 10.9 Å². The topological polar surface area (TPSA) is 79.5 Å². The number of carboxylic acids is 1. The van der Waals surface area contributed by atoms with Crippen LogP contribution in [-0.4, -0.2) is 39.2 Å². The van der Waals surface area contributed by atoms with Crippen LogP contribution in [0, 0.1) is 5.92 Å². The van der Waals surface area contributed by atoms with Gasteiger partial charge in [-0.15, -0.1) is 0 Å². The van der Waals surface area contributed by atoms with Crippen molar-refractivity contribution in [2.24, 2.45) is 5.92 Å². The first-order valence-corrected chi connectivity index (χ1v) is 4.96. The highest BCUT2D eigenvalue weighted by Gasteiger charge is 2.24. The Morgan fingerprint density at radius 1 is 1.60 bits per heavy atom. The second-order valence-electron chi connectivity index (χ2n) is 3.74. The van der Waals surface area contributed by atoms with Gasteiger partial charge in [-0.1, -0.05) is 5.16 Å². The van der Waals surface area contributed by atoms with Crippen LogP contribution >= 0.6 is 0 Å². The van der Waals surface area contributed by atoms with Crippen LogP contribution < -0.4 is 0 Å². The molecule has 0 unspecified atom stereocenters. The fourth-order valence-corrected chi connectivity index (χ4v) is 1.80. The zero-order valence-electron chi connectivity index (χ0n) is 8.30. The quantitative estimate of drug-likeness (QED) is 0.777. The molecule has 0 atom stereocenters. The third kappa shape index (κ3) is 2.53. The summed E-state index contributed by atoms with van der Waals surface area (Å²) < 4.78 is 4.63. The number of hydrogen-bond donors (Lipinski definition) is 1. The lowest BCUT2D eigenvalue weighted by Gasteiger charge is -2.28. The van der Waals surface area contributed by atoms with Crippen LogP contribution in [0.1, 0.15) is 18.7 Å². The molecule has 0 aromatic carbocycles. The molecule has 1 N–H and O–H groups in total. The molecular formula is C9H13N3O3. The van der Waals surface area contributed by atoms with E-state index in [0.29, 0.717) is 25.2 Å². The minimum atomic E-state index is -0.686. The van der Waals surface area contributed by atoms with Crippen molar-refractivity contribution in [1.29, 1.82) is 0 Å². The first-order valence-electron chi connectivity index (χ1n) is 4.96. The van der Waals surface area contributed by atoms with Gasteiger partial charge in [-0.3, -0.25) is 9.69 Å². The molecule has 0 spiro atoms. The van der Waals surface area contributed by atoms with Crippen LogP contribution in [0.25, 0.3) is 0 Å². The van der Waals surface area contributed by atoms with Gasteiger partial charge in [-0.05, 0) is 25.9 Å². The van der Waals surface area contributed by atoms with E-state index in [9.17, 15) is 4.79 Å². The summed E-state index contributed by atoms with van der Waals surface area (Å²) >= 11 is 0. The fraction of sp³-hybridized carbons (Fsp3) is 0.667. The van der Waals surface area contributed by atoms with Crippen molar-refractivity contribution in [3.05, 3.63) is 12.2 Å². The lowest BCUT2D eigenvalue weighted by atomic mass is 9.97. The molecule has 1 aromatic heterocycles. The molecule has 0 amide bonds. The van der Waals surface area contributed by atoms with Gasteiger partial charge < -0.3 is 9.63 Å². The zero-order chi connectivity index (χ0) is 10.7. The number of aliphatic carboxylic acids is 1. The predicted molar refractivity (Wildman–Crippen MR) is 49.9 cm³/mol. The highest BCUT2D eigenvalue weighted by Crippen LogP contribution is 2.18. The first kappa shape index (κ1) is 10.1. The summed E-state index contributed by atoms with van der Waals surface area (Å²) in [6, 6.07) is 0. The molecule has 1 aromatic rings. The smallest absolute Gasteiger partial charge is 0.306 e. The van der Waals surface area contributed by atoms with Gasteiger partial charge in [0, 0.05) is 0 Å². The molecule has 82 valence electrons. The van der Waals surface area contributed by atoms with Gasteiger partial charge in [0.25, 0.3) is 0 Å². The molecule has 1 fully saturated rings. The molecule has 2 heterocycles. The normalized spacial score (nSPS) is 19.2. The minimum absolute atomic E-state index is 0.188. The highest BCUT2D eigenvalue weighted by atomic mass is 16.5. The summed E-state index contributed by atoms with van der Waals surface area (Å²) in [4.78, 5) is 16.8. The van der Waals surface area contributed by atoms with Crippen molar-refractivity contribution >= 4 is 5.97 Å². The maximum Gasteiger partial charge on any atom is 0.306 e. The number of rotatable bonds is 3. The maximum absolute atomic E-state index is 10.7. The second-order valence-corrected chi connectivity index (χ2v) is 3.74. The van der Waals surface area contributed by atoms with Crippen LogP contribution in [0.2, 0.25) is 0 Å². The monoisotopic (exact) mass is 211 g/mol. The van der Waals surface area contributed by atoms with Crippen molar-refractivity contribution in [3.63, 3.8) is 0 Å². The molecule has 1 aliphatic rings. The van der Waals surface area contributed by atoms with E-state index in [1.807, 2.05) is 0 Å². The van der Waals surface area contributed by atoms with Crippen molar-refractivity contribution in [3.8, 4) is 0 Å². The van der Waals surface area contributed by atoms with Crippen LogP contribution in [0.3, 0.4) is 0 Å². The van der Waals surface area contributed by atoms with Gasteiger partial charge in [0.1, 0.15) is 0 Å². The number of carbonyl (C=O) groups is 1. The van der Waals surface area contributed by atoms with Gasteiger partial charge in [-0.2, -0.15) is 4.98 Å². The molecule has 1 aliphatic heterocycles. The Morgan fingerprint density at radius 2 is 2.33 bits per heavy atom. The minimum Gasteiger partial charge on any atom is -0.481 e. The molecule has 15 heavy (non-hydrogen) atoms. The number of carboxylic acid groups (broad SMARTS) is 1. The van der Waals surface area contributed by atoms with E-state index in [1.54, 1.807) is 0 Å². The number of nitrogens with zero attached hydrogens (tertiary/aromatic N) is 3. The van der Waals surface area contributed by atoms with E-state index in [2.05, 4.69) is 19.6 Å². The van der Waals surface area contributed by atoms with Crippen LogP contribution in [0.4, 0.5) is 0 Å². The lowest BCUT2D eigenvalue weighted by molar-refractivity contribution is -0.143. The van der Waals surface area contributed by atoms with Crippen LogP contribution in [-0.2, 0) is 11.3 Å². The molecule has 1 saturated heterocycles. The summed E-state index contributed by atoms with van der Waals surface area (Å²) in [5.41, 5.74) is 0. The zero-order valence-corrected chi connectivity index (χ0v) is 8.30. The highest BCUT2D eigenvalue weighted by molar-refractivity contribution is 5.70. The number of hydrogen-bond acceptors (Lipinski definition) is 5. The Kier molecular flexibility index (Phi) is 2.96. The number of piperidine rings is 1. The van der Waals surface area contributed by atoms with E-state index >= 15 is 0 Å². The van der Waals surface area contributed by atoms with Crippen molar-refractivity contribution in [2.45, 2.75) is 19.4 Å². The number of likely N-dealkylation sites (tertiary alicyclic amines) is 1. The summed E-state index contributed by atoms with van der Waals surface area (Å²) in [7, 11) is 0. The lowest BCUT2D eigenvalue weighted by Crippen LogP contribution is -2.36. The summed E-state index contributed by atoms with van der Waals surface area (Å²) in [5.74, 6) is -0.218. The third-order valence-electron chi connectivity index (χ3n) is 2.71. The Bertz CT molecular complexity index is 317. The molecule has 6 nitrogen and oxygen atoms in total. The fourth-order valence-electron chi connectivity index (χ4n) is 1.80. The molecule has 0 bridgehead atoms. The van der Waals surface area contributed by atoms with Crippen molar-refractivity contribution in [2.75, 3.05) is 13.1 Å². The van der Waals surface area contributed by atoms with Gasteiger partial charge in [-0.25, -0.2) is 0 Å². The van der Waals surface area contributed by atoms with Gasteiger partial charge in [0.2, 0.25) is 6.39 Å². The number of aromatic nitrogens is 2. The van der Waals surface area contributed by atoms with Crippen molar-refractivity contribution in [1.82, 2.24) is 15.0 Å². The third-order valence-corrected chi connectivity index (χ3v) is 2.71. The van der Waals surface area contributed by atoms with Gasteiger partial charge >= 0.3 is 5.97 Å². The Hall–Kier alpha value is -1.43. The molecule has 6 heteroatoms. The van der Waals surface area contributed by atoms with Gasteiger partial charge in [0.05, 0.1) is 12.5 Å². The molecule has 0 aliphatic carbocycles. The standard InChI is InChI=1S/C9H13N3O3/c13-9(14)7-1-3-12(4-2-7)5-8-10-6-15-11-8/h6-7H,1-5H2,(H,13,14). The molecule has 2 rings (SSSR count). The Labute approximate surface area is 86.9 Å². The maximum atomic E-state index is 10.7. The predicted octanol–water partition coefficient (Wildman–Crippen LogP) is 0.366. The summed E-state index contributed by atoms with van der Waals surface area (Å²) in [6.45, 7) is 2.21. The summed E-state index contributed by atoms with van der Waals surface area (Å²) in [5, 5.41) is 12.5. The average molecular weight is 211 g/mol. The van der Waals surface area contributed by atoms with Crippen LogP contribution in [0.5, 0.6) is 0 Å². The molecule has 0 saturated carbocycles. The first-order chi connectivity index (χ1) is 7.25. The molecular weight excluding hydrogens is 198 g/mol. The Morgan fingerprint density at radius 3 is 2.87 bits per heavy atom. The second kappa shape index (κ2) is 4.39. The van der Waals surface area contributed by atoms with E-state index < -0.39 is 5.97 Å². The average Bonchev–Trinajstić information content (AvgIpc) is 2.71. The van der Waals surface area contributed by atoms with E-state index in [0.717, 1.165) is 13.1 Å². The summed E-state index contributed by atoms with van der Waals surface area (Å²) in [6.07, 6.45) is 2.71. The molecule has 0 radical (unpaired) electrons. The van der Waals surface area contributed by atoms with Gasteiger partial charge in [0.15, 0.2) is 5.82 Å². The SMILES string of the molecule is O=C(O)C1CCN(Cc2ncon2)CC1. The van der Waals surface area contributed by atoms with E-state index in [4.69, 9.17) is 5.11 Å². The van der Waals surface area contributed by atoms with E-state index in [-0.39, 0.29) is 5.92 Å². The Balaban J connectivity index is 1.81. The largest absolute Gasteiger partial charge is 0.481 e. The van der Waals surface area contributed by atoms with Crippen molar-refractivity contribution < 1.29 is 14.4 Å².